The van der Waals surface area contributed by atoms with Crippen LogP contribution in [0.4, 0.5) is 0 Å². The van der Waals surface area contributed by atoms with Gasteiger partial charge in [-0.2, -0.15) is 0 Å². The molecular weight excluding hydrogens is 322 g/mol. The van der Waals surface area contributed by atoms with Gasteiger partial charge < -0.3 is 0 Å². The molecule has 1 aromatic heterocycles. The maximum Gasteiger partial charge on any atom is 0.101 e. The van der Waals surface area contributed by atoms with Crippen LogP contribution >= 0.6 is 22.9 Å². The predicted molar refractivity (Wildman–Crippen MR) is 100 cm³/mol. The molecule has 1 nitrogen and oxygen atoms in total. The lowest BCUT2D eigenvalue weighted by molar-refractivity contribution is 1.35. The van der Waals surface area contributed by atoms with Gasteiger partial charge in [0.2, 0.25) is 0 Å². The number of nitrogens with zero attached hydrogens (tertiary/aromatic N) is 1. The van der Waals surface area contributed by atoms with Crippen LogP contribution in [0.3, 0.4) is 0 Å². The lowest BCUT2D eigenvalue weighted by Gasteiger charge is -2.13. The molecule has 23 heavy (non-hydrogen) atoms. The quantitative estimate of drug-likeness (QED) is 0.402. The molecule has 1 heterocycles. The summed E-state index contributed by atoms with van der Waals surface area (Å²) in [5.74, 6) is 0. The third-order valence-electron chi connectivity index (χ3n) is 3.88. The molecule has 0 aliphatic heterocycles. The Morgan fingerprint density at radius 2 is 1.48 bits per heavy atom. The van der Waals surface area contributed by atoms with Crippen molar-refractivity contribution in [3.05, 3.63) is 76.8 Å². The first kappa shape index (κ1) is 14.4. The summed E-state index contributed by atoms with van der Waals surface area (Å²) in [5, 5.41) is 1.77. The zero-order valence-electron chi connectivity index (χ0n) is 12.6. The standard InChI is InChI=1S/C20H14ClNS/c1-13-22-20-17(23-13)12-16(14-8-4-2-5-9-14)18(19(20)21)15-10-6-3-7-11-15/h2-12H,1H3. The molecular formula is C20H14ClNS. The smallest absolute Gasteiger partial charge is 0.101 e. The van der Waals surface area contributed by atoms with Crippen LogP contribution in [0.2, 0.25) is 5.02 Å². The number of benzene rings is 3. The van der Waals surface area contributed by atoms with Gasteiger partial charge in [0.05, 0.1) is 14.7 Å². The van der Waals surface area contributed by atoms with Gasteiger partial charge in [-0.25, -0.2) is 4.98 Å². The molecule has 0 amide bonds. The van der Waals surface area contributed by atoms with E-state index in [0.717, 1.165) is 36.9 Å². The van der Waals surface area contributed by atoms with Crippen LogP contribution in [-0.2, 0) is 0 Å². The highest BCUT2D eigenvalue weighted by Crippen LogP contribution is 2.43. The Kier molecular flexibility index (Phi) is 3.64. The molecule has 0 radical (unpaired) electrons. The van der Waals surface area contributed by atoms with Gasteiger partial charge in [0.1, 0.15) is 5.52 Å². The van der Waals surface area contributed by atoms with E-state index < -0.39 is 0 Å². The van der Waals surface area contributed by atoms with E-state index in [9.17, 15) is 0 Å². The first-order valence-electron chi connectivity index (χ1n) is 7.44. The summed E-state index contributed by atoms with van der Waals surface area (Å²) in [5.41, 5.74) is 5.38. The Labute approximate surface area is 144 Å². The lowest BCUT2D eigenvalue weighted by atomic mass is 9.94. The molecule has 0 spiro atoms. The van der Waals surface area contributed by atoms with Crippen LogP contribution in [0.15, 0.2) is 66.7 Å². The molecule has 4 rings (SSSR count). The second kappa shape index (κ2) is 5.80. The average molecular weight is 336 g/mol. The van der Waals surface area contributed by atoms with Crippen molar-refractivity contribution < 1.29 is 0 Å². The molecule has 0 atom stereocenters. The van der Waals surface area contributed by atoms with Gasteiger partial charge in [0.25, 0.3) is 0 Å². The van der Waals surface area contributed by atoms with Crippen LogP contribution in [0.5, 0.6) is 0 Å². The zero-order chi connectivity index (χ0) is 15.8. The first-order valence-corrected chi connectivity index (χ1v) is 8.64. The van der Waals surface area contributed by atoms with E-state index in [0.29, 0.717) is 0 Å². The number of rotatable bonds is 2. The van der Waals surface area contributed by atoms with Crippen molar-refractivity contribution in [1.29, 1.82) is 0 Å². The number of hydrogen-bond acceptors (Lipinski definition) is 2. The summed E-state index contributed by atoms with van der Waals surface area (Å²) in [7, 11) is 0. The van der Waals surface area contributed by atoms with E-state index in [4.69, 9.17) is 11.6 Å². The molecule has 4 aromatic rings. The zero-order valence-corrected chi connectivity index (χ0v) is 14.2. The van der Waals surface area contributed by atoms with E-state index in [1.165, 1.54) is 5.56 Å². The summed E-state index contributed by atoms with van der Waals surface area (Å²) in [4.78, 5) is 4.62. The van der Waals surface area contributed by atoms with Crippen molar-refractivity contribution in [3.63, 3.8) is 0 Å². The van der Waals surface area contributed by atoms with Crippen LogP contribution in [0, 0.1) is 6.92 Å². The van der Waals surface area contributed by atoms with Gasteiger partial charge in [0.15, 0.2) is 0 Å². The van der Waals surface area contributed by atoms with Gasteiger partial charge in [-0.1, -0.05) is 72.3 Å². The Hall–Kier alpha value is -2.16. The molecule has 0 saturated heterocycles. The SMILES string of the molecule is Cc1nc2c(Cl)c(-c3ccccc3)c(-c3ccccc3)cc2s1. The second-order valence-corrected chi connectivity index (χ2v) is 7.04. The molecule has 0 fully saturated rings. The summed E-state index contributed by atoms with van der Waals surface area (Å²) < 4.78 is 1.13. The van der Waals surface area contributed by atoms with E-state index >= 15 is 0 Å². The fraction of sp³-hybridized carbons (Fsp3) is 0.0500. The van der Waals surface area contributed by atoms with E-state index in [1.807, 2.05) is 31.2 Å². The van der Waals surface area contributed by atoms with E-state index in [-0.39, 0.29) is 0 Å². The van der Waals surface area contributed by atoms with Gasteiger partial charge >= 0.3 is 0 Å². The van der Waals surface area contributed by atoms with Crippen molar-refractivity contribution >= 4 is 33.2 Å². The molecule has 3 aromatic carbocycles. The normalized spacial score (nSPS) is 11.0. The highest BCUT2D eigenvalue weighted by Gasteiger charge is 2.17. The molecule has 3 heteroatoms. The fourth-order valence-corrected chi connectivity index (χ4v) is 4.16. The van der Waals surface area contributed by atoms with Crippen molar-refractivity contribution in [2.45, 2.75) is 6.92 Å². The minimum Gasteiger partial charge on any atom is -0.240 e. The topological polar surface area (TPSA) is 12.9 Å². The van der Waals surface area contributed by atoms with E-state index in [2.05, 4.69) is 47.4 Å². The highest BCUT2D eigenvalue weighted by molar-refractivity contribution is 7.18. The number of hydrogen-bond donors (Lipinski definition) is 0. The van der Waals surface area contributed by atoms with Gasteiger partial charge in [-0.3, -0.25) is 0 Å². The van der Waals surface area contributed by atoms with Crippen LogP contribution in [0.25, 0.3) is 32.5 Å². The van der Waals surface area contributed by atoms with Crippen LogP contribution in [0.1, 0.15) is 5.01 Å². The third-order valence-corrected chi connectivity index (χ3v) is 5.17. The number of halogens is 1. The van der Waals surface area contributed by atoms with Gasteiger partial charge in [-0.15, -0.1) is 11.3 Å². The molecule has 0 aliphatic rings. The fourth-order valence-electron chi connectivity index (χ4n) is 2.87. The van der Waals surface area contributed by atoms with Crippen LogP contribution in [-0.4, -0.2) is 4.98 Å². The Bertz CT molecular complexity index is 975. The molecule has 0 saturated carbocycles. The maximum atomic E-state index is 6.79. The van der Waals surface area contributed by atoms with E-state index in [1.54, 1.807) is 11.3 Å². The van der Waals surface area contributed by atoms with Crippen LogP contribution < -0.4 is 0 Å². The number of aryl methyl sites for hydroxylation is 1. The molecule has 0 bridgehead atoms. The van der Waals surface area contributed by atoms with Crippen molar-refractivity contribution in [3.8, 4) is 22.3 Å². The molecule has 0 aliphatic carbocycles. The van der Waals surface area contributed by atoms with Gasteiger partial charge in [0, 0.05) is 5.56 Å². The summed E-state index contributed by atoms with van der Waals surface area (Å²) in [6.07, 6.45) is 0. The first-order chi connectivity index (χ1) is 11.2. The molecule has 0 N–H and O–H groups in total. The monoisotopic (exact) mass is 335 g/mol. The minimum absolute atomic E-state index is 0.733. The Morgan fingerprint density at radius 3 is 2.13 bits per heavy atom. The molecule has 112 valence electrons. The molecule has 0 unspecified atom stereocenters. The van der Waals surface area contributed by atoms with Crippen molar-refractivity contribution in [1.82, 2.24) is 4.98 Å². The van der Waals surface area contributed by atoms with Gasteiger partial charge in [-0.05, 0) is 29.7 Å². The highest BCUT2D eigenvalue weighted by atomic mass is 35.5. The lowest BCUT2D eigenvalue weighted by Crippen LogP contribution is -1.88. The van der Waals surface area contributed by atoms with Crippen molar-refractivity contribution in [2.24, 2.45) is 0 Å². The summed E-state index contributed by atoms with van der Waals surface area (Å²) in [6.45, 7) is 2.02. The average Bonchev–Trinajstić information content (AvgIpc) is 2.97. The largest absolute Gasteiger partial charge is 0.240 e. The Balaban J connectivity index is 2.11. The minimum atomic E-state index is 0.733. The number of aromatic nitrogens is 1. The number of thiazole rings is 1. The summed E-state index contributed by atoms with van der Waals surface area (Å²) >= 11 is 8.47. The van der Waals surface area contributed by atoms with Crippen molar-refractivity contribution in [2.75, 3.05) is 0 Å². The summed E-state index contributed by atoms with van der Waals surface area (Å²) in [6, 6.07) is 22.9. The number of fused-ring (bicyclic) bond motifs is 1. The third kappa shape index (κ3) is 2.54. The Morgan fingerprint density at radius 1 is 0.870 bits per heavy atom. The second-order valence-electron chi connectivity index (χ2n) is 5.42. The maximum absolute atomic E-state index is 6.79. The predicted octanol–water partition coefficient (Wildman–Crippen LogP) is 6.59.